The number of ketones is 1. The maximum absolute atomic E-state index is 12.5. The summed E-state index contributed by atoms with van der Waals surface area (Å²) >= 11 is 5.85. The van der Waals surface area contributed by atoms with Gasteiger partial charge in [-0.15, -0.1) is 0 Å². The number of halogens is 1. The number of ether oxygens (including phenoxy) is 1. The molecule has 0 saturated carbocycles. The van der Waals surface area contributed by atoms with Crippen molar-refractivity contribution in [3.8, 4) is 5.75 Å². The highest BCUT2D eigenvalue weighted by Gasteiger charge is 2.32. The van der Waals surface area contributed by atoms with Crippen molar-refractivity contribution in [3.63, 3.8) is 0 Å². The SMILES string of the molecule is CC(C)(C)C(=O)C(Oc1ccc(Cl)cc1)n1ccnc1.CCCCCCC(O)CCCCCCCCCCC(=O)O.CCCCCCCCCCCCCC(=O)O. The molecule has 328 valence electrons. The Hall–Kier alpha value is -2.91. The summed E-state index contributed by atoms with van der Waals surface area (Å²) in [5.41, 5.74) is -0.513. The number of aromatic nitrogens is 2. The summed E-state index contributed by atoms with van der Waals surface area (Å²) in [6.07, 6.45) is 34.8. The zero-order valence-corrected chi connectivity index (χ0v) is 37.3. The van der Waals surface area contributed by atoms with Gasteiger partial charge in [-0.3, -0.25) is 19.0 Å². The predicted molar refractivity (Wildman–Crippen MR) is 235 cm³/mol. The number of Topliss-reactive ketones (excluding diaryl/α,β-unsaturated/α-hetero) is 1. The summed E-state index contributed by atoms with van der Waals surface area (Å²) in [5, 5.41) is 27.4. The average Bonchev–Trinajstić information content (AvgIpc) is 3.71. The first-order valence-corrected chi connectivity index (χ1v) is 22.7. The zero-order valence-electron chi connectivity index (χ0n) is 36.5. The largest absolute Gasteiger partial charge is 0.481 e. The third kappa shape index (κ3) is 33.7. The maximum atomic E-state index is 12.5. The molecule has 0 bridgehead atoms. The van der Waals surface area contributed by atoms with E-state index in [0.717, 1.165) is 51.4 Å². The van der Waals surface area contributed by atoms with Crippen LogP contribution >= 0.6 is 11.6 Å². The Kier molecular flexibility index (Phi) is 34.3. The van der Waals surface area contributed by atoms with Crippen LogP contribution in [0.15, 0.2) is 43.0 Å². The monoisotopic (exact) mass is 821 g/mol. The number of aliphatic carboxylic acids is 2. The van der Waals surface area contributed by atoms with Crippen molar-refractivity contribution in [3.05, 3.63) is 48.0 Å². The number of carboxylic acids is 2. The van der Waals surface area contributed by atoms with E-state index >= 15 is 0 Å². The molecule has 1 aromatic carbocycles. The van der Waals surface area contributed by atoms with Crippen molar-refractivity contribution in [2.45, 2.75) is 220 Å². The molecule has 0 aliphatic carbocycles. The van der Waals surface area contributed by atoms with Gasteiger partial charge in [-0.05, 0) is 49.9 Å². The minimum Gasteiger partial charge on any atom is -0.481 e. The Morgan fingerprint density at radius 2 is 1.04 bits per heavy atom. The van der Waals surface area contributed by atoms with Crippen molar-refractivity contribution in [2.24, 2.45) is 5.41 Å². The Morgan fingerprint density at radius 3 is 1.40 bits per heavy atom. The van der Waals surface area contributed by atoms with Crippen molar-refractivity contribution in [1.82, 2.24) is 9.55 Å². The molecule has 0 amide bonds. The summed E-state index contributed by atoms with van der Waals surface area (Å²) < 4.78 is 7.47. The van der Waals surface area contributed by atoms with Gasteiger partial charge in [0.2, 0.25) is 6.23 Å². The Bertz CT molecular complexity index is 1230. The molecule has 2 aromatic rings. The number of imidazole rings is 1. The molecule has 10 heteroatoms. The predicted octanol–water partition coefficient (Wildman–Crippen LogP) is 13.8. The number of carboxylic acid groups (broad SMARTS) is 2. The highest BCUT2D eigenvalue weighted by Crippen LogP contribution is 2.27. The number of carbonyl (C=O) groups is 3. The summed E-state index contributed by atoms with van der Waals surface area (Å²) in [5.74, 6) is -0.768. The Morgan fingerprint density at radius 1 is 0.649 bits per heavy atom. The van der Waals surface area contributed by atoms with Crippen LogP contribution in [0.1, 0.15) is 214 Å². The lowest BCUT2D eigenvalue weighted by atomic mass is 9.89. The van der Waals surface area contributed by atoms with Crippen LogP contribution in [-0.2, 0) is 14.4 Å². The van der Waals surface area contributed by atoms with E-state index in [1.807, 2.05) is 20.8 Å². The molecule has 0 fully saturated rings. The molecule has 2 atom stereocenters. The van der Waals surface area contributed by atoms with Crippen molar-refractivity contribution < 1.29 is 34.4 Å². The lowest BCUT2D eigenvalue weighted by Crippen LogP contribution is -2.33. The molecule has 1 heterocycles. The van der Waals surface area contributed by atoms with Crippen LogP contribution in [0, 0.1) is 5.41 Å². The number of aliphatic hydroxyl groups excluding tert-OH is 1. The fourth-order valence-electron chi connectivity index (χ4n) is 6.28. The third-order valence-electron chi connectivity index (χ3n) is 9.88. The van der Waals surface area contributed by atoms with Gasteiger partial charge in [-0.1, -0.05) is 181 Å². The van der Waals surface area contributed by atoms with E-state index in [2.05, 4.69) is 18.8 Å². The average molecular weight is 822 g/mol. The van der Waals surface area contributed by atoms with E-state index in [4.69, 9.17) is 26.6 Å². The molecule has 0 radical (unpaired) electrons. The summed E-state index contributed by atoms with van der Waals surface area (Å²) in [6.45, 7) is 10.1. The molecule has 0 saturated heterocycles. The van der Waals surface area contributed by atoms with E-state index in [-0.39, 0.29) is 11.9 Å². The van der Waals surface area contributed by atoms with Crippen LogP contribution in [0.25, 0.3) is 0 Å². The zero-order chi connectivity index (χ0) is 42.6. The van der Waals surface area contributed by atoms with Crippen molar-refractivity contribution >= 4 is 29.3 Å². The lowest BCUT2D eigenvalue weighted by molar-refractivity contribution is -0.138. The molecular formula is C47H81ClN2O7. The van der Waals surface area contributed by atoms with E-state index in [9.17, 15) is 19.5 Å². The molecule has 9 nitrogen and oxygen atoms in total. The number of unbranched alkanes of at least 4 members (excludes halogenated alkanes) is 20. The molecule has 1 aromatic heterocycles. The fourth-order valence-corrected chi connectivity index (χ4v) is 6.40. The highest BCUT2D eigenvalue weighted by atomic mass is 35.5. The van der Waals surface area contributed by atoms with Crippen LogP contribution in [0.4, 0.5) is 0 Å². The van der Waals surface area contributed by atoms with Gasteiger partial charge >= 0.3 is 11.9 Å². The number of hydrogen-bond donors (Lipinski definition) is 3. The minimum atomic E-state index is -0.737. The number of carbonyl (C=O) groups excluding carboxylic acids is 1. The van der Waals surface area contributed by atoms with Crippen molar-refractivity contribution in [2.75, 3.05) is 0 Å². The second kappa shape index (κ2) is 36.2. The Labute approximate surface area is 351 Å². The van der Waals surface area contributed by atoms with Crippen LogP contribution < -0.4 is 4.74 Å². The van der Waals surface area contributed by atoms with Gasteiger partial charge < -0.3 is 20.1 Å². The van der Waals surface area contributed by atoms with E-state index < -0.39 is 23.6 Å². The quantitative estimate of drug-likeness (QED) is 0.0620. The highest BCUT2D eigenvalue weighted by molar-refractivity contribution is 6.30. The minimum absolute atomic E-state index is 0.0227. The maximum Gasteiger partial charge on any atom is 0.303 e. The smallest absolute Gasteiger partial charge is 0.303 e. The standard InChI is InChI=1S/C18H36O3.C15H17ClN2O2.C14H28O2/c1-2-3-4-11-14-17(19)15-12-9-7-5-6-8-10-13-16-18(20)21;1-15(2,3)13(19)14(18-9-8-17-10-18)20-12-6-4-11(16)5-7-12;1-2-3-4-5-6-7-8-9-10-11-12-13-14(15)16/h17,19H,2-16H2,1H3,(H,20,21);4-10,14H,1-3H3;2-13H2,1H3,(H,15,16). The normalized spacial score (nSPS) is 12.1. The molecule has 3 N–H and O–H groups in total. The van der Waals surface area contributed by atoms with E-state index in [1.165, 1.54) is 109 Å². The second-order valence-corrected chi connectivity index (χ2v) is 16.9. The molecule has 0 aliphatic heterocycles. The van der Waals surface area contributed by atoms with E-state index in [0.29, 0.717) is 23.6 Å². The number of hydrogen-bond acceptors (Lipinski definition) is 6. The molecule has 2 rings (SSSR count). The topological polar surface area (TPSA) is 139 Å². The van der Waals surface area contributed by atoms with Gasteiger partial charge in [0.25, 0.3) is 0 Å². The molecule has 0 spiro atoms. The van der Waals surface area contributed by atoms with Gasteiger partial charge in [-0.2, -0.15) is 0 Å². The number of nitrogens with zero attached hydrogens (tertiary/aromatic N) is 2. The van der Waals surface area contributed by atoms with Crippen LogP contribution in [0.2, 0.25) is 5.02 Å². The lowest BCUT2D eigenvalue weighted by Gasteiger charge is -2.26. The number of aliphatic hydroxyl groups is 1. The Balaban J connectivity index is 0.000000834. The molecule has 57 heavy (non-hydrogen) atoms. The summed E-state index contributed by atoms with van der Waals surface area (Å²) in [7, 11) is 0. The van der Waals surface area contributed by atoms with Crippen molar-refractivity contribution in [1.29, 1.82) is 0 Å². The first kappa shape index (κ1) is 54.1. The number of rotatable bonds is 32. The van der Waals surface area contributed by atoms with Crippen LogP contribution in [0.3, 0.4) is 0 Å². The van der Waals surface area contributed by atoms with E-state index in [1.54, 1.807) is 47.6 Å². The summed E-state index contributed by atoms with van der Waals surface area (Å²) in [6, 6.07) is 6.93. The first-order valence-electron chi connectivity index (χ1n) is 22.4. The van der Waals surface area contributed by atoms with Gasteiger partial charge in [0, 0.05) is 35.7 Å². The first-order chi connectivity index (χ1) is 27.3. The van der Waals surface area contributed by atoms with Gasteiger partial charge in [0.05, 0.1) is 12.4 Å². The number of benzene rings is 1. The summed E-state index contributed by atoms with van der Waals surface area (Å²) in [4.78, 5) is 37.1. The van der Waals surface area contributed by atoms with Crippen LogP contribution in [-0.4, -0.2) is 48.7 Å². The second-order valence-electron chi connectivity index (χ2n) is 16.5. The van der Waals surface area contributed by atoms with Gasteiger partial charge in [0.1, 0.15) is 5.75 Å². The third-order valence-corrected chi connectivity index (χ3v) is 10.1. The van der Waals surface area contributed by atoms with Gasteiger partial charge in [0.15, 0.2) is 5.78 Å². The molecular weight excluding hydrogens is 740 g/mol. The molecule has 0 aliphatic rings. The fraction of sp³-hybridized carbons (Fsp3) is 0.745. The molecule has 2 unspecified atom stereocenters. The van der Waals surface area contributed by atoms with Crippen LogP contribution in [0.5, 0.6) is 5.75 Å². The van der Waals surface area contributed by atoms with Gasteiger partial charge in [-0.25, -0.2) is 4.98 Å².